The van der Waals surface area contributed by atoms with Gasteiger partial charge in [-0.25, -0.2) is 9.07 Å². The summed E-state index contributed by atoms with van der Waals surface area (Å²) in [5.74, 6) is -0.597. The number of benzene rings is 1. The van der Waals surface area contributed by atoms with E-state index in [1.54, 1.807) is 13.0 Å². The number of nitrogens with one attached hydrogen (secondary N) is 1. The normalized spacial score (nSPS) is 15.2. The molecule has 1 fully saturated rings. The van der Waals surface area contributed by atoms with E-state index in [-0.39, 0.29) is 17.0 Å². The van der Waals surface area contributed by atoms with E-state index >= 15 is 0 Å². The summed E-state index contributed by atoms with van der Waals surface area (Å²) in [5, 5.41) is 11.5. The first-order valence-electron chi connectivity index (χ1n) is 8.92. The fraction of sp³-hybridized carbons (Fsp3) is 0.500. The van der Waals surface area contributed by atoms with Crippen molar-refractivity contribution in [1.82, 2.24) is 25.2 Å². The van der Waals surface area contributed by atoms with Crippen LogP contribution >= 0.6 is 11.6 Å². The average Bonchev–Trinajstić information content (AvgIpc) is 3.03. The lowest BCUT2D eigenvalue weighted by Crippen LogP contribution is -2.46. The molecule has 1 aromatic carbocycles. The van der Waals surface area contributed by atoms with Crippen LogP contribution in [0.15, 0.2) is 18.2 Å². The van der Waals surface area contributed by atoms with E-state index in [0.29, 0.717) is 23.6 Å². The van der Waals surface area contributed by atoms with Crippen molar-refractivity contribution in [1.29, 1.82) is 0 Å². The molecule has 1 aliphatic rings. The average molecular weight is 380 g/mol. The van der Waals surface area contributed by atoms with Crippen LogP contribution in [0.4, 0.5) is 4.39 Å². The highest BCUT2D eigenvalue weighted by Gasteiger charge is 2.29. The number of nitrogens with zero attached hydrogens (tertiary/aromatic N) is 4. The molecule has 1 aliphatic heterocycles. The molecule has 8 heteroatoms. The van der Waals surface area contributed by atoms with Crippen LogP contribution in [0.2, 0.25) is 5.02 Å². The maximum Gasteiger partial charge on any atom is 0.276 e. The number of amides is 1. The Morgan fingerprint density at radius 3 is 2.81 bits per heavy atom. The zero-order chi connectivity index (χ0) is 18.7. The second kappa shape index (κ2) is 8.14. The van der Waals surface area contributed by atoms with Crippen LogP contribution < -0.4 is 5.32 Å². The molecule has 1 N–H and O–H groups in total. The van der Waals surface area contributed by atoms with Crippen molar-refractivity contribution in [2.24, 2.45) is 0 Å². The second-order valence-electron chi connectivity index (χ2n) is 6.51. The van der Waals surface area contributed by atoms with Crippen molar-refractivity contribution in [3.63, 3.8) is 0 Å². The molecular weight excluding hydrogens is 357 g/mol. The number of rotatable bonds is 5. The zero-order valence-corrected chi connectivity index (χ0v) is 15.8. The highest BCUT2D eigenvalue weighted by atomic mass is 35.5. The Labute approximate surface area is 157 Å². The van der Waals surface area contributed by atoms with Gasteiger partial charge in [0.1, 0.15) is 5.82 Å². The summed E-state index contributed by atoms with van der Waals surface area (Å²) in [5.41, 5.74) is 1.52. The van der Waals surface area contributed by atoms with E-state index in [2.05, 4.69) is 22.6 Å². The molecule has 0 unspecified atom stereocenters. The second-order valence-corrected chi connectivity index (χ2v) is 6.92. The minimum Gasteiger partial charge on any atom is -0.334 e. The third-order valence-electron chi connectivity index (χ3n) is 4.72. The third-order valence-corrected chi connectivity index (χ3v) is 5.01. The molecule has 0 aliphatic carbocycles. The predicted octanol–water partition coefficient (Wildman–Crippen LogP) is 2.97. The van der Waals surface area contributed by atoms with E-state index < -0.39 is 5.82 Å². The molecule has 26 heavy (non-hydrogen) atoms. The summed E-state index contributed by atoms with van der Waals surface area (Å²) in [6.07, 6.45) is 2.76. The van der Waals surface area contributed by atoms with Gasteiger partial charge in [0.05, 0.1) is 16.4 Å². The fourth-order valence-electron chi connectivity index (χ4n) is 3.33. The van der Waals surface area contributed by atoms with E-state index in [1.165, 1.54) is 16.8 Å². The van der Waals surface area contributed by atoms with Gasteiger partial charge in [-0.15, -0.1) is 5.10 Å². The number of halogens is 2. The standard InChI is InChI=1S/C18H23ClFN5O/c1-3-10-24(13-6-8-21-9-7-13)18(26)17-12(2)25(23-22-17)14-4-5-16(20)15(19)11-14/h4-5,11,13,21H,3,6-10H2,1-2H3. The van der Waals surface area contributed by atoms with Gasteiger partial charge >= 0.3 is 0 Å². The molecule has 1 saturated heterocycles. The van der Waals surface area contributed by atoms with Crippen LogP contribution in [0, 0.1) is 12.7 Å². The van der Waals surface area contributed by atoms with Crippen LogP contribution in [0.25, 0.3) is 5.69 Å². The van der Waals surface area contributed by atoms with Gasteiger partial charge in [-0.1, -0.05) is 23.7 Å². The highest BCUT2D eigenvalue weighted by Crippen LogP contribution is 2.22. The van der Waals surface area contributed by atoms with Crippen molar-refractivity contribution in [3.05, 3.63) is 40.4 Å². The van der Waals surface area contributed by atoms with Crippen molar-refractivity contribution in [2.45, 2.75) is 39.2 Å². The quantitative estimate of drug-likeness (QED) is 0.867. The van der Waals surface area contributed by atoms with Crippen LogP contribution in [-0.4, -0.2) is 51.5 Å². The molecular formula is C18H23ClFN5O. The minimum absolute atomic E-state index is 0.00703. The highest BCUT2D eigenvalue weighted by molar-refractivity contribution is 6.30. The van der Waals surface area contributed by atoms with Crippen LogP contribution in [0.5, 0.6) is 0 Å². The van der Waals surface area contributed by atoms with Gasteiger partial charge in [-0.3, -0.25) is 4.79 Å². The maximum atomic E-state index is 13.4. The molecule has 3 rings (SSSR count). The summed E-state index contributed by atoms with van der Waals surface area (Å²) in [4.78, 5) is 15.0. The van der Waals surface area contributed by atoms with Gasteiger partial charge < -0.3 is 10.2 Å². The number of aromatic nitrogens is 3. The van der Waals surface area contributed by atoms with E-state index in [1.807, 2.05) is 4.90 Å². The molecule has 2 aromatic rings. The molecule has 1 amide bonds. The van der Waals surface area contributed by atoms with Crippen molar-refractivity contribution in [2.75, 3.05) is 19.6 Å². The molecule has 0 bridgehead atoms. The molecule has 0 spiro atoms. The first kappa shape index (κ1) is 18.8. The molecule has 1 aromatic heterocycles. The van der Waals surface area contributed by atoms with Gasteiger partial charge in [0.15, 0.2) is 5.69 Å². The van der Waals surface area contributed by atoms with Gasteiger partial charge in [0.25, 0.3) is 5.91 Å². The Kier molecular flexibility index (Phi) is 5.88. The summed E-state index contributed by atoms with van der Waals surface area (Å²) in [6.45, 7) is 6.37. The monoisotopic (exact) mass is 379 g/mol. The van der Waals surface area contributed by atoms with Crippen LogP contribution in [0.3, 0.4) is 0 Å². The molecule has 140 valence electrons. The Balaban J connectivity index is 1.89. The van der Waals surface area contributed by atoms with Gasteiger partial charge in [-0.05, 0) is 57.5 Å². The van der Waals surface area contributed by atoms with Gasteiger partial charge in [0, 0.05) is 12.6 Å². The summed E-state index contributed by atoms with van der Waals surface area (Å²) >= 11 is 5.86. The smallest absolute Gasteiger partial charge is 0.276 e. The molecule has 0 atom stereocenters. The van der Waals surface area contributed by atoms with Crippen LogP contribution in [0.1, 0.15) is 42.4 Å². The largest absolute Gasteiger partial charge is 0.334 e. The topological polar surface area (TPSA) is 63.1 Å². The zero-order valence-electron chi connectivity index (χ0n) is 15.0. The maximum absolute atomic E-state index is 13.4. The van der Waals surface area contributed by atoms with Crippen LogP contribution in [-0.2, 0) is 0 Å². The van der Waals surface area contributed by atoms with Crippen molar-refractivity contribution >= 4 is 17.5 Å². The van der Waals surface area contributed by atoms with E-state index in [4.69, 9.17) is 11.6 Å². The first-order valence-corrected chi connectivity index (χ1v) is 9.30. The lowest BCUT2D eigenvalue weighted by Gasteiger charge is -2.34. The predicted molar refractivity (Wildman–Crippen MR) is 98.3 cm³/mol. The SMILES string of the molecule is CCCN(C(=O)c1nnn(-c2ccc(F)c(Cl)c2)c1C)C1CCNCC1. The fourth-order valence-corrected chi connectivity index (χ4v) is 3.51. The van der Waals surface area contributed by atoms with E-state index in [0.717, 1.165) is 32.4 Å². The molecule has 6 nitrogen and oxygen atoms in total. The lowest BCUT2D eigenvalue weighted by molar-refractivity contribution is 0.0635. The lowest BCUT2D eigenvalue weighted by atomic mass is 10.0. The molecule has 0 saturated carbocycles. The number of carbonyl (C=O) groups excluding carboxylic acids is 1. The van der Waals surface area contributed by atoms with Crippen molar-refractivity contribution in [3.8, 4) is 5.69 Å². The van der Waals surface area contributed by atoms with E-state index in [9.17, 15) is 9.18 Å². The Hall–Kier alpha value is -1.99. The summed E-state index contributed by atoms with van der Waals surface area (Å²) < 4.78 is 14.9. The summed E-state index contributed by atoms with van der Waals surface area (Å²) in [7, 11) is 0. The Bertz CT molecular complexity index is 788. The minimum atomic E-state index is -0.496. The summed E-state index contributed by atoms with van der Waals surface area (Å²) in [6, 6.07) is 4.53. The number of hydrogen-bond acceptors (Lipinski definition) is 4. The van der Waals surface area contributed by atoms with Gasteiger partial charge in [0.2, 0.25) is 0 Å². The molecule has 2 heterocycles. The Morgan fingerprint density at radius 1 is 1.42 bits per heavy atom. The Morgan fingerprint density at radius 2 is 2.15 bits per heavy atom. The molecule has 0 radical (unpaired) electrons. The van der Waals surface area contributed by atoms with Gasteiger partial charge in [-0.2, -0.15) is 0 Å². The number of carbonyl (C=O) groups is 1. The first-order chi connectivity index (χ1) is 12.5. The number of piperidine rings is 1. The number of hydrogen-bond donors (Lipinski definition) is 1. The van der Waals surface area contributed by atoms with Crippen molar-refractivity contribution < 1.29 is 9.18 Å². The third kappa shape index (κ3) is 3.73.